The van der Waals surface area contributed by atoms with Crippen LogP contribution in [0.5, 0.6) is 0 Å². The van der Waals surface area contributed by atoms with Crippen LogP contribution < -0.4 is 5.32 Å². The van der Waals surface area contributed by atoms with E-state index in [1.165, 1.54) is 5.56 Å². The normalized spacial score (nSPS) is 15.1. The van der Waals surface area contributed by atoms with Crippen LogP contribution in [0.1, 0.15) is 12.0 Å². The highest BCUT2D eigenvalue weighted by Gasteiger charge is 2.17. The molecule has 0 radical (unpaired) electrons. The van der Waals surface area contributed by atoms with Gasteiger partial charge in [-0.3, -0.25) is 4.79 Å². The minimum atomic E-state index is 0.0846. The van der Waals surface area contributed by atoms with Crippen LogP contribution in [0, 0.1) is 0 Å². The lowest BCUT2D eigenvalue weighted by Crippen LogP contribution is -2.10. The van der Waals surface area contributed by atoms with Crippen LogP contribution in [-0.4, -0.2) is 15.5 Å². The fourth-order valence-electron chi connectivity index (χ4n) is 2.15. The number of pyridine rings is 1. The number of carbonyl (C=O) groups is 1. The number of hydrogen-bond donors (Lipinski definition) is 1. The van der Waals surface area contributed by atoms with E-state index in [9.17, 15) is 4.79 Å². The van der Waals surface area contributed by atoms with Crippen molar-refractivity contribution in [1.29, 1.82) is 0 Å². The second-order valence-electron chi connectivity index (χ2n) is 3.87. The van der Waals surface area contributed by atoms with Gasteiger partial charge in [0.1, 0.15) is 5.65 Å². The molecule has 1 amide bonds. The van der Waals surface area contributed by atoms with E-state index in [0.717, 1.165) is 23.1 Å². The average molecular weight is 201 g/mol. The Morgan fingerprint density at radius 1 is 1.47 bits per heavy atom. The predicted octanol–water partition coefficient (Wildman–Crippen LogP) is 1.46. The summed E-state index contributed by atoms with van der Waals surface area (Å²) in [5, 5.41) is 4.00. The summed E-state index contributed by atoms with van der Waals surface area (Å²) in [5.74, 6) is 0.0846. The Labute approximate surface area is 86.9 Å². The molecule has 3 heterocycles. The second-order valence-corrected chi connectivity index (χ2v) is 3.87. The first-order valence-electron chi connectivity index (χ1n) is 4.98. The molecule has 0 aliphatic carbocycles. The Kier molecular flexibility index (Phi) is 1.59. The standard InChI is InChI=1S/C11H11N3O/c1-14-6-7-2-3-9(15)13-8-4-5-12-11(14)10(7)8/h4-6H,2-3H2,1H3,(H,13,15). The van der Waals surface area contributed by atoms with Gasteiger partial charge in [0.2, 0.25) is 5.91 Å². The number of aromatic nitrogens is 2. The zero-order valence-corrected chi connectivity index (χ0v) is 8.45. The quantitative estimate of drug-likeness (QED) is 0.701. The molecule has 0 fully saturated rings. The van der Waals surface area contributed by atoms with E-state index in [4.69, 9.17) is 0 Å². The van der Waals surface area contributed by atoms with Crippen molar-refractivity contribution >= 4 is 22.6 Å². The van der Waals surface area contributed by atoms with Gasteiger partial charge in [0.05, 0.1) is 5.69 Å². The Balaban J connectivity index is 2.39. The number of nitrogens with zero attached hydrogens (tertiary/aromatic N) is 2. The monoisotopic (exact) mass is 201 g/mol. The van der Waals surface area contributed by atoms with Gasteiger partial charge in [-0.25, -0.2) is 4.98 Å². The summed E-state index contributed by atoms with van der Waals surface area (Å²) in [5.41, 5.74) is 3.02. The Hall–Kier alpha value is -1.84. The molecule has 0 bridgehead atoms. The van der Waals surface area contributed by atoms with Crippen LogP contribution in [0.3, 0.4) is 0 Å². The van der Waals surface area contributed by atoms with Gasteiger partial charge in [-0.15, -0.1) is 0 Å². The molecule has 1 aliphatic rings. The van der Waals surface area contributed by atoms with Crippen molar-refractivity contribution in [2.24, 2.45) is 7.05 Å². The molecule has 1 N–H and O–H groups in total. The molecule has 0 saturated heterocycles. The van der Waals surface area contributed by atoms with E-state index in [2.05, 4.69) is 16.5 Å². The summed E-state index contributed by atoms with van der Waals surface area (Å²) in [6.07, 6.45) is 5.13. The molecule has 3 rings (SSSR count). The summed E-state index contributed by atoms with van der Waals surface area (Å²) in [6.45, 7) is 0. The minimum absolute atomic E-state index is 0.0846. The van der Waals surface area contributed by atoms with Gasteiger partial charge in [-0.1, -0.05) is 0 Å². The highest BCUT2D eigenvalue weighted by molar-refractivity contribution is 6.03. The van der Waals surface area contributed by atoms with E-state index in [1.54, 1.807) is 6.20 Å². The molecule has 0 aromatic carbocycles. The Morgan fingerprint density at radius 2 is 2.33 bits per heavy atom. The van der Waals surface area contributed by atoms with Gasteiger partial charge in [0.25, 0.3) is 0 Å². The summed E-state index contributed by atoms with van der Waals surface area (Å²) in [4.78, 5) is 15.8. The number of hydrogen-bond acceptors (Lipinski definition) is 2. The molecule has 2 aromatic heterocycles. The van der Waals surface area contributed by atoms with Crippen molar-refractivity contribution in [3.63, 3.8) is 0 Å². The van der Waals surface area contributed by atoms with Gasteiger partial charge < -0.3 is 9.88 Å². The lowest BCUT2D eigenvalue weighted by molar-refractivity contribution is -0.116. The van der Waals surface area contributed by atoms with Gasteiger partial charge in [0, 0.05) is 31.2 Å². The van der Waals surface area contributed by atoms with E-state index in [-0.39, 0.29) is 5.91 Å². The van der Waals surface area contributed by atoms with Gasteiger partial charge in [-0.2, -0.15) is 0 Å². The van der Waals surface area contributed by atoms with Crippen LogP contribution >= 0.6 is 0 Å². The predicted molar refractivity (Wildman–Crippen MR) is 57.7 cm³/mol. The van der Waals surface area contributed by atoms with Crippen molar-refractivity contribution < 1.29 is 4.79 Å². The number of carbonyl (C=O) groups excluding carboxylic acids is 1. The maximum Gasteiger partial charge on any atom is 0.224 e. The zero-order valence-electron chi connectivity index (χ0n) is 8.45. The number of nitrogens with one attached hydrogen (secondary N) is 1. The van der Waals surface area contributed by atoms with E-state index >= 15 is 0 Å². The summed E-state index contributed by atoms with van der Waals surface area (Å²) in [7, 11) is 1.98. The molecular weight excluding hydrogens is 190 g/mol. The molecule has 0 unspecified atom stereocenters. The maximum absolute atomic E-state index is 11.4. The fourth-order valence-corrected chi connectivity index (χ4v) is 2.15. The third-order valence-electron chi connectivity index (χ3n) is 2.83. The van der Waals surface area contributed by atoms with Crippen LogP contribution in [0.25, 0.3) is 11.0 Å². The first-order chi connectivity index (χ1) is 7.25. The van der Waals surface area contributed by atoms with Crippen LogP contribution in [-0.2, 0) is 18.3 Å². The van der Waals surface area contributed by atoms with Crippen molar-refractivity contribution in [2.45, 2.75) is 12.8 Å². The highest BCUT2D eigenvalue weighted by Crippen LogP contribution is 2.29. The summed E-state index contributed by atoms with van der Waals surface area (Å²) < 4.78 is 2.01. The smallest absolute Gasteiger partial charge is 0.224 e. The minimum Gasteiger partial charge on any atom is -0.335 e. The van der Waals surface area contributed by atoms with Crippen LogP contribution in [0.2, 0.25) is 0 Å². The molecular formula is C11H11N3O. The average Bonchev–Trinajstić information content (AvgIpc) is 2.45. The molecule has 0 atom stereocenters. The third-order valence-corrected chi connectivity index (χ3v) is 2.83. The van der Waals surface area contributed by atoms with E-state index in [0.29, 0.717) is 6.42 Å². The fraction of sp³-hybridized carbons (Fsp3) is 0.273. The number of aryl methyl sites for hydroxylation is 2. The highest BCUT2D eigenvalue weighted by atomic mass is 16.1. The van der Waals surface area contributed by atoms with Crippen molar-refractivity contribution in [3.8, 4) is 0 Å². The van der Waals surface area contributed by atoms with Gasteiger partial charge >= 0.3 is 0 Å². The SMILES string of the molecule is Cn1cc2c3c(ccnc31)NC(=O)CC2. The molecule has 1 aliphatic heterocycles. The third kappa shape index (κ3) is 1.14. The maximum atomic E-state index is 11.4. The van der Waals surface area contributed by atoms with E-state index < -0.39 is 0 Å². The lowest BCUT2D eigenvalue weighted by atomic mass is 10.1. The van der Waals surface area contributed by atoms with Crippen LogP contribution in [0.4, 0.5) is 5.69 Å². The number of rotatable bonds is 0. The molecule has 4 heteroatoms. The first kappa shape index (κ1) is 8.47. The topological polar surface area (TPSA) is 46.9 Å². The molecule has 0 spiro atoms. The first-order valence-corrected chi connectivity index (χ1v) is 4.98. The molecule has 0 saturated carbocycles. The van der Waals surface area contributed by atoms with Gasteiger partial charge in [-0.05, 0) is 18.1 Å². The van der Waals surface area contributed by atoms with Crippen molar-refractivity contribution in [2.75, 3.05) is 5.32 Å². The summed E-state index contributed by atoms with van der Waals surface area (Å²) >= 11 is 0. The van der Waals surface area contributed by atoms with Gasteiger partial charge in [0.15, 0.2) is 0 Å². The zero-order chi connectivity index (χ0) is 10.4. The lowest BCUT2D eigenvalue weighted by Gasteiger charge is -2.03. The molecule has 2 aromatic rings. The number of amides is 1. The van der Waals surface area contributed by atoms with Crippen molar-refractivity contribution in [1.82, 2.24) is 9.55 Å². The Bertz CT molecular complexity index is 556. The van der Waals surface area contributed by atoms with Crippen molar-refractivity contribution in [3.05, 3.63) is 24.0 Å². The van der Waals surface area contributed by atoms with Crippen LogP contribution in [0.15, 0.2) is 18.5 Å². The molecule has 4 nitrogen and oxygen atoms in total. The van der Waals surface area contributed by atoms with E-state index in [1.807, 2.05) is 17.7 Å². The second kappa shape index (κ2) is 2.82. The molecule has 15 heavy (non-hydrogen) atoms. The Morgan fingerprint density at radius 3 is 3.20 bits per heavy atom. The summed E-state index contributed by atoms with van der Waals surface area (Å²) in [6, 6.07) is 1.86. The molecule has 76 valence electrons. The number of anilines is 1. The largest absolute Gasteiger partial charge is 0.335 e.